The second-order valence-corrected chi connectivity index (χ2v) is 11.2. The Morgan fingerprint density at radius 1 is 0.881 bits per heavy atom. The average Bonchev–Trinajstić information content (AvgIpc) is 2.98. The van der Waals surface area contributed by atoms with Gasteiger partial charge in [-0.15, -0.1) is 0 Å². The number of methoxy groups -OCH3 is 1. The molecule has 224 valence electrons. The van der Waals surface area contributed by atoms with E-state index in [1.807, 2.05) is 0 Å². The predicted octanol–water partition coefficient (Wildman–Crippen LogP) is 3.92. The number of carboxylic acid groups (broad SMARTS) is 2. The molecule has 3 aromatic rings. The van der Waals surface area contributed by atoms with Gasteiger partial charge in [0.25, 0.3) is 10.0 Å². The number of likely N-dealkylation sites (tertiary alicyclic amines) is 1. The van der Waals surface area contributed by atoms with Gasteiger partial charge in [-0.3, -0.25) is 9.10 Å². The Morgan fingerprint density at radius 3 is 1.93 bits per heavy atom. The average molecular weight is 605 g/mol. The number of Topliss-reactive ketones (excluding diaryl/α,β-unsaturated/α-hetero) is 1. The molecule has 0 amide bonds. The summed E-state index contributed by atoms with van der Waals surface area (Å²) in [5.41, 5.74) is 0.897. The number of nitrogens with zero attached hydrogens (tertiary/aromatic N) is 2. The fraction of sp³-hybridized carbons (Fsp3) is 0.276. The molecule has 4 rings (SSSR count). The van der Waals surface area contributed by atoms with Gasteiger partial charge in [-0.25, -0.2) is 26.8 Å². The van der Waals surface area contributed by atoms with Crippen molar-refractivity contribution in [1.82, 2.24) is 4.90 Å². The number of piperidine rings is 1. The first-order valence-electron chi connectivity index (χ1n) is 12.8. The standard InChI is InChI=1S/C27H28F2N2O4S.C2H2O4/c1-35-26-5-3-2-4-25(26)31(36(33,34)24-12-10-23(29)11-13-24)19-18-30-16-14-21(15-17-30)27(32)20-6-8-22(28)9-7-20;3-1(4)2(5)6/h2-13,21H,14-19H2,1H3;(H,3,4)(H,5,6). The van der Waals surface area contributed by atoms with Crippen molar-refractivity contribution in [3.63, 3.8) is 0 Å². The highest BCUT2D eigenvalue weighted by molar-refractivity contribution is 7.92. The molecule has 0 spiro atoms. The number of sulfonamides is 1. The number of halogens is 2. The molecule has 1 fully saturated rings. The van der Waals surface area contributed by atoms with Gasteiger partial charge in [0.1, 0.15) is 17.4 Å². The summed E-state index contributed by atoms with van der Waals surface area (Å²) < 4.78 is 60.5. The van der Waals surface area contributed by atoms with Gasteiger partial charge in [-0.1, -0.05) is 12.1 Å². The zero-order valence-corrected chi connectivity index (χ0v) is 23.5. The molecule has 0 saturated carbocycles. The van der Waals surface area contributed by atoms with Gasteiger partial charge in [-0.05, 0) is 86.6 Å². The van der Waals surface area contributed by atoms with Crippen LogP contribution in [0.2, 0.25) is 0 Å². The third-order valence-corrected chi connectivity index (χ3v) is 8.47. The van der Waals surface area contributed by atoms with E-state index in [1.165, 1.54) is 47.8 Å². The molecule has 13 heteroatoms. The summed E-state index contributed by atoms with van der Waals surface area (Å²) in [6.07, 6.45) is 1.27. The van der Waals surface area contributed by atoms with Gasteiger partial charge in [0.2, 0.25) is 0 Å². The van der Waals surface area contributed by atoms with Crippen molar-refractivity contribution >= 4 is 33.4 Å². The van der Waals surface area contributed by atoms with Gasteiger partial charge in [0.05, 0.1) is 17.7 Å². The molecule has 42 heavy (non-hydrogen) atoms. The molecular formula is C29H30F2N2O8S. The maximum absolute atomic E-state index is 13.6. The zero-order valence-electron chi connectivity index (χ0n) is 22.7. The summed E-state index contributed by atoms with van der Waals surface area (Å²) >= 11 is 0. The summed E-state index contributed by atoms with van der Waals surface area (Å²) in [5.74, 6) is -4.28. The Bertz CT molecular complexity index is 1480. The summed E-state index contributed by atoms with van der Waals surface area (Å²) in [7, 11) is -2.52. The number of carboxylic acids is 2. The Hall–Kier alpha value is -4.36. The fourth-order valence-electron chi connectivity index (χ4n) is 4.44. The Labute approximate surface area is 241 Å². The summed E-state index contributed by atoms with van der Waals surface area (Å²) in [6, 6.07) is 17.2. The number of carbonyl (C=O) groups excluding carboxylic acids is 1. The molecule has 0 radical (unpaired) electrons. The number of ketones is 1. The van der Waals surface area contributed by atoms with Crippen LogP contribution in [0.15, 0.2) is 77.7 Å². The van der Waals surface area contributed by atoms with Crippen LogP contribution in [0.1, 0.15) is 23.2 Å². The maximum Gasteiger partial charge on any atom is 0.414 e. The van der Waals surface area contributed by atoms with Crippen molar-refractivity contribution in [2.24, 2.45) is 5.92 Å². The number of hydrogen-bond donors (Lipinski definition) is 2. The van der Waals surface area contributed by atoms with Crippen molar-refractivity contribution in [3.05, 3.63) is 90.0 Å². The highest BCUT2D eigenvalue weighted by atomic mass is 32.2. The first-order valence-corrected chi connectivity index (χ1v) is 14.3. The third-order valence-electron chi connectivity index (χ3n) is 6.64. The molecule has 1 aliphatic heterocycles. The van der Waals surface area contributed by atoms with E-state index in [4.69, 9.17) is 24.5 Å². The molecule has 1 aliphatic rings. The van der Waals surface area contributed by atoms with Crippen molar-refractivity contribution in [3.8, 4) is 5.75 Å². The number of carbonyl (C=O) groups is 3. The molecule has 3 aromatic carbocycles. The highest BCUT2D eigenvalue weighted by Gasteiger charge is 2.30. The molecule has 0 atom stereocenters. The van der Waals surface area contributed by atoms with Crippen LogP contribution in [-0.4, -0.2) is 74.5 Å². The third kappa shape index (κ3) is 8.33. The molecule has 2 N–H and O–H groups in total. The number of rotatable bonds is 9. The smallest absolute Gasteiger partial charge is 0.414 e. The Kier molecular flexibility index (Phi) is 11.1. The summed E-state index contributed by atoms with van der Waals surface area (Å²) in [4.78, 5) is 33.1. The summed E-state index contributed by atoms with van der Waals surface area (Å²) in [6.45, 7) is 1.86. The van der Waals surface area contributed by atoms with E-state index in [1.54, 1.807) is 24.3 Å². The molecule has 1 saturated heterocycles. The SMILES string of the molecule is COc1ccccc1N(CCN1CCC(C(=O)c2ccc(F)cc2)CC1)S(=O)(=O)c1ccc(F)cc1.O=C(O)C(=O)O. The Balaban J connectivity index is 0.000000730. The second-order valence-electron chi connectivity index (χ2n) is 9.30. The minimum atomic E-state index is -3.99. The number of anilines is 1. The van der Waals surface area contributed by atoms with Crippen molar-refractivity contribution in [1.29, 1.82) is 0 Å². The van der Waals surface area contributed by atoms with E-state index in [9.17, 15) is 22.0 Å². The van der Waals surface area contributed by atoms with E-state index in [-0.39, 0.29) is 29.0 Å². The monoisotopic (exact) mass is 604 g/mol. The van der Waals surface area contributed by atoms with Crippen LogP contribution in [0.25, 0.3) is 0 Å². The van der Waals surface area contributed by atoms with Crippen molar-refractivity contribution in [2.45, 2.75) is 17.7 Å². The number of ether oxygens (including phenoxy) is 1. The van der Waals surface area contributed by atoms with Crippen LogP contribution in [0.5, 0.6) is 5.75 Å². The van der Waals surface area contributed by atoms with Crippen LogP contribution in [-0.2, 0) is 19.6 Å². The van der Waals surface area contributed by atoms with Gasteiger partial charge >= 0.3 is 11.9 Å². The van der Waals surface area contributed by atoms with E-state index in [0.29, 0.717) is 49.5 Å². The van der Waals surface area contributed by atoms with E-state index >= 15 is 0 Å². The first kappa shape index (κ1) is 32.2. The quantitative estimate of drug-likeness (QED) is 0.275. The second kappa shape index (κ2) is 14.5. The molecule has 1 heterocycles. The molecule has 0 aliphatic carbocycles. The fourth-order valence-corrected chi connectivity index (χ4v) is 5.91. The zero-order chi connectivity index (χ0) is 30.9. The van der Waals surface area contributed by atoms with Crippen molar-refractivity contribution in [2.75, 3.05) is 37.6 Å². The number of benzene rings is 3. The lowest BCUT2D eigenvalue weighted by atomic mass is 9.89. The number of para-hydroxylation sites is 2. The minimum Gasteiger partial charge on any atom is -0.495 e. The van der Waals surface area contributed by atoms with Crippen LogP contribution in [0.3, 0.4) is 0 Å². The molecule has 0 unspecified atom stereocenters. The van der Waals surface area contributed by atoms with Crippen LogP contribution in [0, 0.1) is 17.6 Å². The van der Waals surface area contributed by atoms with E-state index < -0.39 is 27.8 Å². The normalized spacial score (nSPS) is 13.9. The topological polar surface area (TPSA) is 142 Å². The van der Waals surface area contributed by atoms with E-state index in [0.717, 1.165) is 12.1 Å². The molecule has 10 nitrogen and oxygen atoms in total. The lowest BCUT2D eigenvalue weighted by Gasteiger charge is -2.33. The van der Waals surface area contributed by atoms with Crippen LogP contribution in [0.4, 0.5) is 14.5 Å². The minimum absolute atomic E-state index is 0.00388. The van der Waals surface area contributed by atoms with Gasteiger partial charge < -0.3 is 19.8 Å². The molecule has 0 bridgehead atoms. The lowest BCUT2D eigenvalue weighted by molar-refractivity contribution is -0.159. The lowest BCUT2D eigenvalue weighted by Crippen LogP contribution is -2.43. The summed E-state index contributed by atoms with van der Waals surface area (Å²) in [5, 5.41) is 14.8. The maximum atomic E-state index is 13.6. The van der Waals surface area contributed by atoms with Gasteiger partial charge in [0, 0.05) is 24.6 Å². The largest absolute Gasteiger partial charge is 0.495 e. The number of hydrogen-bond acceptors (Lipinski definition) is 7. The highest BCUT2D eigenvalue weighted by Crippen LogP contribution is 2.32. The number of aliphatic carboxylic acids is 2. The molecular weight excluding hydrogens is 574 g/mol. The van der Waals surface area contributed by atoms with E-state index in [2.05, 4.69) is 4.90 Å². The Morgan fingerprint density at radius 2 is 1.40 bits per heavy atom. The first-order chi connectivity index (χ1) is 19.9. The van der Waals surface area contributed by atoms with Gasteiger partial charge in [-0.2, -0.15) is 0 Å². The predicted molar refractivity (Wildman–Crippen MR) is 149 cm³/mol. The van der Waals surface area contributed by atoms with Crippen LogP contribution < -0.4 is 9.04 Å². The molecule has 0 aromatic heterocycles. The van der Waals surface area contributed by atoms with Crippen molar-refractivity contribution < 1.29 is 46.5 Å². The van der Waals surface area contributed by atoms with Gasteiger partial charge in [0.15, 0.2) is 5.78 Å². The van der Waals surface area contributed by atoms with Crippen LogP contribution >= 0.6 is 0 Å².